The monoisotopic (exact) mass is 346 g/mol. The first-order valence-electron chi connectivity index (χ1n) is 6.11. The zero-order valence-corrected chi connectivity index (χ0v) is 13.7. The maximum atomic E-state index is 12.1. The fourth-order valence-corrected chi connectivity index (χ4v) is 3.38. The average molecular weight is 347 g/mol. The van der Waals surface area contributed by atoms with E-state index in [1.165, 1.54) is 22.7 Å². The van der Waals surface area contributed by atoms with Crippen molar-refractivity contribution >= 4 is 51.1 Å². The van der Waals surface area contributed by atoms with Gasteiger partial charge in [-0.25, -0.2) is 4.98 Å². The zero-order chi connectivity index (χ0) is 15.2. The van der Waals surface area contributed by atoms with Crippen molar-refractivity contribution in [3.05, 3.63) is 26.2 Å². The van der Waals surface area contributed by atoms with Gasteiger partial charge in [0.15, 0.2) is 5.13 Å². The van der Waals surface area contributed by atoms with Crippen molar-refractivity contribution in [2.45, 2.75) is 6.54 Å². The second-order valence-corrected chi connectivity index (χ2v) is 6.84. The summed E-state index contributed by atoms with van der Waals surface area (Å²) in [6.45, 7) is 1.58. The van der Waals surface area contributed by atoms with Crippen molar-refractivity contribution in [3.63, 3.8) is 0 Å². The van der Waals surface area contributed by atoms with Crippen LogP contribution in [0.1, 0.15) is 14.5 Å². The van der Waals surface area contributed by atoms with Crippen molar-refractivity contribution in [3.8, 4) is 0 Å². The van der Waals surface area contributed by atoms with E-state index in [1.54, 1.807) is 13.2 Å². The Hall–Kier alpha value is -1.35. The summed E-state index contributed by atoms with van der Waals surface area (Å²) in [5.74, 6) is -0.0176. The van der Waals surface area contributed by atoms with Crippen LogP contribution in [0, 0.1) is 0 Å². The van der Waals surface area contributed by atoms with Crippen LogP contribution in [0.2, 0.25) is 4.34 Å². The normalized spacial score (nSPS) is 10.6. The van der Waals surface area contributed by atoms with E-state index < -0.39 is 0 Å². The van der Waals surface area contributed by atoms with Crippen LogP contribution in [0.15, 0.2) is 12.1 Å². The first-order valence-corrected chi connectivity index (χ1v) is 8.12. The van der Waals surface area contributed by atoms with E-state index in [0.717, 1.165) is 4.88 Å². The Labute approximate surface area is 135 Å². The van der Waals surface area contributed by atoms with Gasteiger partial charge in [0.2, 0.25) is 0 Å². The zero-order valence-electron chi connectivity index (χ0n) is 11.3. The first kappa shape index (κ1) is 16.0. The third-order valence-corrected chi connectivity index (χ3v) is 4.75. The number of nitrogens with zero attached hydrogens (tertiary/aromatic N) is 1. The number of thiophene rings is 1. The number of methoxy groups -OCH3 is 1. The molecule has 2 rings (SSSR count). The van der Waals surface area contributed by atoms with Crippen LogP contribution in [-0.2, 0) is 11.3 Å². The minimum atomic E-state index is -0.241. The highest BCUT2D eigenvalue weighted by atomic mass is 35.5. The second-order valence-electron chi connectivity index (χ2n) is 4.04. The molecular formula is C12H15ClN4O2S2. The number of thiazole rings is 1. The van der Waals surface area contributed by atoms with E-state index in [4.69, 9.17) is 22.1 Å². The molecule has 0 saturated heterocycles. The maximum absolute atomic E-state index is 12.1. The highest BCUT2D eigenvalue weighted by molar-refractivity contribution is 7.18. The summed E-state index contributed by atoms with van der Waals surface area (Å²) in [6, 6.07) is 3.67. The summed E-state index contributed by atoms with van der Waals surface area (Å²) < 4.78 is 5.63. The predicted molar refractivity (Wildman–Crippen MR) is 87.4 cm³/mol. The number of hydrogen-bond acceptors (Lipinski definition) is 7. The number of rotatable bonds is 7. The number of hydrogen-bond donors (Lipinski definition) is 3. The van der Waals surface area contributed by atoms with Crippen LogP contribution in [0.25, 0.3) is 0 Å². The molecule has 0 aliphatic carbocycles. The van der Waals surface area contributed by atoms with Gasteiger partial charge in [-0.05, 0) is 12.1 Å². The van der Waals surface area contributed by atoms with E-state index in [9.17, 15) is 4.79 Å². The molecule has 114 valence electrons. The number of nitrogens with one attached hydrogen (secondary N) is 2. The molecule has 0 unspecified atom stereocenters. The van der Waals surface area contributed by atoms with Gasteiger partial charge in [0.05, 0.1) is 17.5 Å². The number of amides is 1. The van der Waals surface area contributed by atoms with Gasteiger partial charge in [-0.3, -0.25) is 4.79 Å². The molecule has 2 aromatic rings. The van der Waals surface area contributed by atoms with E-state index in [-0.39, 0.29) is 11.7 Å². The van der Waals surface area contributed by atoms with Gasteiger partial charge in [-0.2, -0.15) is 0 Å². The molecule has 9 heteroatoms. The highest BCUT2D eigenvalue weighted by Gasteiger charge is 2.16. The number of halogens is 1. The molecule has 0 saturated carbocycles. The van der Waals surface area contributed by atoms with Crippen LogP contribution in [0.3, 0.4) is 0 Å². The standard InChI is InChI=1S/C12H15ClN4O2S2/c1-19-5-4-15-12-17-10(14)9(21-12)11(18)16-6-7-2-3-8(13)20-7/h2-3H,4-6,14H2,1H3,(H,15,17)(H,16,18). The smallest absolute Gasteiger partial charge is 0.265 e. The molecule has 0 bridgehead atoms. The lowest BCUT2D eigenvalue weighted by molar-refractivity contribution is 0.0956. The molecule has 0 radical (unpaired) electrons. The summed E-state index contributed by atoms with van der Waals surface area (Å²) in [4.78, 5) is 17.6. The lowest BCUT2D eigenvalue weighted by atomic mass is 10.4. The summed E-state index contributed by atoms with van der Waals surface area (Å²) in [5.41, 5.74) is 5.77. The molecule has 6 nitrogen and oxygen atoms in total. The SMILES string of the molecule is COCCNc1nc(N)c(C(=O)NCc2ccc(Cl)s2)s1. The molecule has 21 heavy (non-hydrogen) atoms. The molecule has 0 spiro atoms. The van der Waals surface area contributed by atoms with E-state index in [1.807, 2.05) is 6.07 Å². The summed E-state index contributed by atoms with van der Waals surface area (Å²) in [7, 11) is 1.62. The molecular weight excluding hydrogens is 332 g/mol. The van der Waals surface area contributed by atoms with Crippen molar-refractivity contribution in [2.24, 2.45) is 0 Å². The molecule has 4 N–H and O–H groups in total. The van der Waals surface area contributed by atoms with E-state index >= 15 is 0 Å². The third-order valence-electron chi connectivity index (χ3n) is 2.49. The summed E-state index contributed by atoms with van der Waals surface area (Å²) in [6.07, 6.45) is 0. The molecule has 0 atom stereocenters. The molecule has 2 aromatic heterocycles. The lowest BCUT2D eigenvalue weighted by Crippen LogP contribution is -2.22. The van der Waals surface area contributed by atoms with Gasteiger partial charge in [0.25, 0.3) is 5.91 Å². The number of carbonyl (C=O) groups excluding carboxylic acids is 1. The molecule has 0 aliphatic heterocycles. The van der Waals surface area contributed by atoms with Gasteiger partial charge < -0.3 is 21.1 Å². The van der Waals surface area contributed by atoms with Crippen molar-refractivity contribution in [1.29, 1.82) is 0 Å². The number of nitrogen functional groups attached to an aromatic ring is 1. The number of anilines is 2. The van der Waals surface area contributed by atoms with Crippen LogP contribution >= 0.6 is 34.3 Å². The number of carbonyl (C=O) groups is 1. The molecule has 0 aromatic carbocycles. The third kappa shape index (κ3) is 4.57. The minimum Gasteiger partial charge on any atom is -0.383 e. The van der Waals surface area contributed by atoms with Crippen LogP contribution in [0.4, 0.5) is 10.9 Å². The topological polar surface area (TPSA) is 89.3 Å². The van der Waals surface area contributed by atoms with Gasteiger partial charge in [-0.15, -0.1) is 11.3 Å². The van der Waals surface area contributed by atoms with Crippen LogP contribution in [0.5, 0.6) is 0 Å². The number of nitrogens with two attached hydrogens (primary N) is 1. The Morgan fingerprint density at radius 3 is 2.95 bits per heavy atom. The Balaban J connectivity index is 1.92. The molecule has 0 aliphatic rings. The van der Waals surface area contributed by atoms with Gasteiger partial charge in [-0.1, -0.05) is 22.9 Å². The Morgan fingerprint density at radius 2 is 2.29 bits per heavy atom. The van der Waals surface area contributed by atoms with Gasteiger partial charge in [0, 0.05) is 18.5 Å². The molecule has 1 amide bonds. The molecule has 2 heterocycles. The average Bonchev–Trinajstić information content (AvgIpc) is 3.03. The van der Waals surface area contributed by atoms with E-state index in [0.29, 0.717) is 34.0 Å². The fraction of sp³-hybridized carbons (Fsp3) is 0.333. The largest absolute Gasteiger partial charge is 0.383 e. The Kier molecular flexibility index (Phi) is 5.80. The van der Waals surface area contributed by atoms with Crippen molar-refractivity contribution in [2.75, 3.05) is 31.3 Å². The molecule has 0 fully saturated rings. The summed E-state index contributed by atoms with van der Waals surface area (Å²) >= 11 is 8.49. The fourth-order valence-electron chi connectivity index (χ4n) is 1.52. The van der Waals surface area contributed by atoms with Gasteiger partial charge in [0.1, 0.15) is 10.7 Å². The van der Waals surface area contributed by atoms with E-state index in [2.05, 4.69) is 15.6 Å². The number of aromatic nitrogens is 1. The number of ether oxygens (including phenoxy) is 1. The Bertz CT molecular complexity index is 614. The Morgan fingerprint density at radius 1 is 1.48 bits per heavy atom. The minimum absolute atomic E-state index is 0.224. The van der Waals surface area contributed by atoms with Gasteiger partial charge >= 0.3 is 0 Å². The maximum Gasteiger partial charge on any atom is 0.265 e. The quantitative estimate of drug-likeness (QED) is 0.670. The first-order chi connectivity index (χ1) is 10.1. The van der Waals surface area contributed by atoms with Crippen LogP contribution in [-0.4, -0.2) is 31.2 Å². The highest BCUT2D eigenvalue weighted by Crippen LogP contribution is 2.25. The van der Waals surface area contributed by atoms with Crippen molar-refractivity contribution in [1.82, 2.24) is 10.3 Å². The predicted octanol–water partition coefficient (Wildman–Crippen LogP) is 2.43. The summed E-state index contributed by atoms with van der Waals surface area (Å²) in [5, 5.41) is 6.45. The van der Waals surface area contributed by atoms with Crippen LogP contribution < -0.4 is 16.4 Å². The second kappa shape index (κ2) is 7.60. The lowest BCUT2D eigenvalue weighted by Gasteiger charge is -2.01. The van der Waals surface area contributed by atoms with Crippen molar-refractivity contribution < 1.29 is 9.53 Å².